The fourth-order valence-corrected chi connectivity index (χ4v) is 4.38. The van der Waals surface area contributed by atoms with Crippen molar-refractivity contribution < 1.29 is 13.2 Å². The Bertz CT molecular complexity index is 1460. The molecule has 0 saturated heterocycles. The van der Waals surface area contributed by atoms with Crippen LogP contribution in [-0.4, -0.2) is 25.5 Å². The van der Waals surface area contributed by atoms with E-state index in [4.69, 9.17) is 4.74 Å². The summed E-state index contributed by atoms with van der Waals surface area (Å²) in [6.45, 7) is 1.92. The molecular formula is C23H19N5O3S. The van der Waals surface area contributed by atoms with Crippen LogP contribution in [0.4, 0.5) is 17.3 Å². The summed E-state index contributed by atoms with van der Waals surface area (Å²) < 4.78 is 34.0. The molecule has 0 unspecified atom stereocenters. The average Bonchev–Trinajstić information content (AvgIpc) is 2.78. The lowest BCUT2D eigenvalue weighted by atomic mass is 10.2. The van der Waals surface area contributed by atoms with Gasteiger partial charge in [0.1, 0.15) is 16.7 Å². The van der Waals surface area contributed by atoms with Crippen molar-refractivity contribution in [2.75, 3.05) is 17.1 Å². The molecule has 0 bridgehead atoms. The number of nitrogens with zero attached hydrogens (tertiary/aromatic N) is 3. The van der Waals surface area contributed by atoms with Gasteiger partial charge in [-0.3, -0.25) is 4.72 Å². The topological polar surface area (TPSA) is 117 Å². The summed E-state index contributed by atoms with van der Waals surface area (Å²) in [7, 11) is -2.53. The van der Waals surface area contributed by atoms with Crippen molar-refractivity contribution >= 4 is 38.4 Å². The number of fused-ring (bicyclic) bond motifs is 1. The van der Waals surface area contributed by atoms with Gasteiger partial charge < -0.3 is 10.1 Å². The number of rotatable bonds is 6. The summed E-state index contributed by atoms with van der Waals surface area (Å²) in [4.78, 5) is 8.90. The predicted molar refractivity (Wildman–Crippen MR) is 123 cm³/mol. The number of sulfonamides is 1. The lowest BCUT2D eigenvalue weighted by Crippen LogP contribution is -2.17. The zero-order valence-electron chi connectivity index (χ0n) is 17.3. The molecule has 0 amide bonds. The molecule has 0 spiro atoms. The van der Waals surface area contributed by atoms with E-state index < -0.39 is 10.0 Å². The summed E-state index contributed by atoms with van der Waals surface area (Å²) >= 11 is 0. The van der Waals surface area contributed by atoms with E-state index in [1.807, 2.05) is 31.2 Å². The van der Waals surface area contributed by atoms with Crippen molar-refractivity contribution in [3.63, 3.8) is 0 Å². The molecule has 1 heterocycles. The van der Waals surface area contributed by atoms with Crippen LogP contribution in [0.5, 0.6) is 5.75 Å². The summed E-state index contributed by atoms with van der Waals surface area (Å²) in [5.74, 6) is 0.873. The van der Waals surface area contributed by atoms with E-state index in [-0.39, 0.29) is 22.1 Å². The lowest BCUT2D eigenvalue weighted by Gasteiger charge is -2.15. The highest BCUT2D eigenvalue weighted by atomic mass is 32.2. The van der Waals surface area contributed by atoms with E-state index in [0.29, 0.717) is 22.5 Å². The standard InChI is InChI=1S/C23H19N5O3S/c1-15-11-17(13-18(12-15)31-2)25-22-23(27-20-9-5-4-8-19(20)26-22)28-32(29,30)21-10-6-3-7-16(21)14-24/h3-13H,1-2H3,(H,25,26)(H,27,28). The minimum Gasteiger partial charge on any atom is -0.497 e. The number of anilines is 3. The van der Waals surface area contributed by atoms with Crippen LogP contribution in [0, 0.1) is 18.3 Å². The SMILES string of the molecule is COc1cc(C)cc(Nc2nc3ccccc3nc2NS(=O)(=O)c2ccccc2C#N)c1. The maximum atomic E-state index is 13.1. The summed E-state index contributed by atoms with van der Waals surface area (Å²) in [6, 6.07) is 20.5. The van der Waals surface area contributed by atoms with E-state index in [1.165, 1.54) is 12.1 Å². The highest BCUT2D eigenvalue weighted by Crippen LogP contribution is 2.29. The summed E-state index contributed by atoms with van der Waals surface area (Å²) in [5.41, 5.74) is 2.75. The van der Waals surface area contributed by atoms with Gasteiger partial charge in [0.05, 0.1) is 23.7 Å². The Morgan fingerprint density at radius 3 is 2.28 bits per heavy atom. The smallest absolute Gasteiger partial charge is 0.264 e. The first-order chi connectivity index (χ1) is 15.4. The van der Waals surface area contributed by atoms with Crippen LogP contribution in [-0.2, 0) is 10.0 Å². The van der Waals surface area contributed by atoms with E-state index >= 15 is 0 Å². The van der Waals surface area contributed by atoms with E-state index in [1.54, 1.807) is 43.5 Å². The first kappa shape index (κ1) is 21.1. The number of ether oxygens (including phenoxy) is 1. The normalized spacial score (nSPS) is 11.0. The van der Waals surface area contributed by atoms with Gasteiger partial charge in [-0.05, 0) is 48.9 Å². The van der Waals surface area contributed by atoms with Gasteiger partial charge in [-0.1, -0.05) is 24.3 Å². The fraction of sp³-hybridized carbons (Fsp3) is 0.0870. The molecule has 1 aromatic heterocycles. The van der Waals surface area contributed by atoms with Gasteiger partial charge in [0.2, 0.25) is 0 Å². The predicted octanol–water partition coefficient (Wildman–Crippen LogP) is 4.36. The second kappa shape index (κ2) is 8.53. The van der Waals surface area contributed by atoms with Crippen LogP contribution in [0.15, 0.2) is 71.6 Å². The Labute approximate surface area is 185 Å². The molecule has 0 aliphatic carbocycles. The molecule has 0 saturated carbocycles. The van der Waals surface area contributed by atoms with Crippen molar-refractivity contribution in [1.82, 2.24) is 9.97 Å². The monoisotopic (exact) mass is 445 g/mol. The first-order valence-corrected chi connectivity index (χ1v) is 11.1. The second-order valence-electron chi connectivity index (χ2n) is 6.99. The van der Waals surface area contributed by atoms with Crippen LogP contribution in [0.25, 0.3) is 11.0 Å². The van der Waals surface area contributed by atoms with E-state index in [9.17, 15) is 13.7 Å². The van der Waals surface area contributed by atoms with Crippen molar-refractivity contribution in [1.29, 1.82) is 5.26 Å². The highest BCUT2D eigenvalue weighted by molar-refractivity contribution is 7.92. The zero-order chi connectivity index (χ0) is 22.7. The van der Waals surface area contributed by atoms with Gasteiger partial charge in [0.15, 0.2) is 11.6 Å². The Hall–Kier alpha value is -4.16. The van der Waals surface area contributed by atoms with Crippen LogP contribution < -0.4 is 14.8 Å². The van der Waals surface area contributed by atoms with Crippen molar-refractivity contribution in [3.05, 3.63) is 77.9 Å². The highest BCUT2D eigenvalue weighted by Gasteiger charge is 2.22. The largest absolute Gasteiger partial charge is 0.497 e. The minimum absolute atomic E-state index is 0.0110. The van der Waals surface area contributed by atoms with Crippen LogP contribution >= 0.6 is 0 Å². The maximum Gasteiger partial charge on any atom is 0.264 e. The molecule has 4 aromatic rings. The summed E-state index contributed by atoms with van der Waals surface area (Å²) in [6.07, 6.45) is 0. The fourth-order valence-electron chi connectivity index (χ4n) is 3.21. The number of hydrogen-bond acceptors (Lipinski definition) is 7. The molecule has 9 heteroatoms. The second-order valence-corrected chi connectivity index (χ2v) is 8.64. The average molecular weight is 446 g/mol. The molecule has 0 fully saturated rings. The molecule has 4 rings (SSSR count). The third-order valence-electron chi connectivity index (χ3n) is 4.65. The van der Waals surface area contributed by atoms with Crippen LogP contribution in [0.2, 0.25) is 0 Å². The van der Waals surface area contributed by atoms with Gasteiger partial charge in [-0.15, -0.1) is 0 Å². The molecule has 0 aliphatic rings. The van der Waals surface area contributed by atoms with E-state index in [2.05, 4.69) is 20.0 Å². The molecule has 2 N–H and O–H groups in total. The van der Waals surface area contributed by atoms with Gasteiger partial charge in [0, 0.05) is 11.8 Å². The molecule has 0 atom stereocenters. The Kier molecular flexibility index (Phi) is 5.62. The molecule has 32 heavy (non-hydrogen) atoms. The van der Waals surface area contributed by atoms with Crippen molar-refractivity contribution in [3.8, 4) is 11.8 Å². The molecule has 8 nitrogen and oxygen atoms in total. The van der Waals surface area contributed by atoms with Crippen LogP contribution in [0.3, 0.4) is 0 Å². The van der Waals surface area contributed by atoms with Crippen molar-refractivity contribution in [2.24, 2.45) is 0 Å². The Morgan fingerprint density at radius 1 is 0.938 bits per heavy atom. The lowest BCUT2D eigenvalue weighted by molar-refractivity contribution is 0.414. The Morgan fingerprint density at radius 2 is 1.59 bits per heavy atom. The number of aromatic nitrogens is 2. The van der Waals surface area contributed by atoms with Gasteiger partial charge in [0.25, 0.3) is 10.0 Å². The number of benzene rings is 3. The minimum atomic E-state index is -4.10. The third-order valence-corrected chi connectivity index (χ3v) is 6.05. The van der Waals surface area contributed by atoms with Crippen LogP contribution in [0.1, 0.15) is 11.1 Å². The summed E-state index contributed by atoms with van der Waals surface area (Å²) in [5, 5.41) is 12.5. The zero-order valence-corrected chi connectivity index (χ0v) is 18.1. The quantitative estimate of drug-likeness (QED) is 0.453. The van der Waals surface area contributed by atoms with Gasteiger partial charge in [-0.25, -0.2) is 18.4 Å². The molecule has 3 aromatic carbocycles. The number of aryl methyl sites for hydroxylation is 1. The molecular weight excluding hydrogens is 426 g/mol. The third kappa shape index (κ3) is 4.31. The molecule has 160 valence electrons. The van der Waals surface area contributed by atoms with Gasteiger partial charge in [-0.2, -0.15) is 5.26 Å². The van der Waals surface area contributed by atoms with Gasteiger partial charge >= 0.3 is 0 Å². The number of nitrogens with one attached hydrogen (secondary N) is 2. The molecule has 0 radical (unpaired) electrons. The first-order valence-electron chi connectivity index (χ1n) is 9.61. The maximum absolute atomic E-state index is 13.1. The number of nitriles is 1. The van der Waals surface area contributed by atoms with E-state index in [0.717, 1.165) is 5.56 Å². The number of methoxy groups -OCH3 is 1. The number of para-hydroxylation sites is 2. The number of hydrogen-bond donors (Lipinski definition) is 2. The Balaban J connectivity index is 1.82. The molecule has 0 aliphatic heterocycles. The van der Waals surface area contributed by atoms with Crippen molar-refractivity contribution in [2.45, 2.75) is 11.8 Å².